The molecule has 0 saturated carbocycles. The minimum absolute atomic E-state index is 0. The Kier molecular flexibility index (Phi) is 8.16. The van der Waals surface area contributed by atoms with Crippen molar-refractivity contribution in [2.75, 3.05) is 41.0 Å². The Hall–Kier alpha value is -2.45. The molecule has 1 amide bonds. The third kappa shape index (κ3) is 4.76. The number of rotatable bonds is 8. The Bertz CT molecular complexity index is 767. The van der Waals surface area contributed by atoms with Gasteiger partial charge in [-0.3, -0.25) is 9.48 Å². The van der Waals surface area contributed by atoms with Crippen LogP contribution in [0.25, 0.3) is 0 Å². The number of amides is 1. The fourth-order valence-corrected chi connectivity index (χ4v) is 3.71. The molecule has 0 spiro atoms. The molecule has 0 unspecified atom stereocenters. The van der Waals surface area contributed by atoms with Crippen LogP contribution in [0.15, 0.2) is 30.6 Å². The number of carbonyl (C=O) groups excluding carboxylic acids is 1. The highest BCUT2D eigenvalue weighted by molar-refractivity contribution is 5.85. The zero-order valence-electron chi connectivity index (χ0n) is 17.1. The van der Waals surface area contributed by atoms with E-state index in [9.17, 15) is 4.79 Å². The molecule has 0 bridgehead atoms. The van der Waals surface area contributed by atoms with Crippen LogP contribution in [0.5, 0.6) is 17.2 Å². The highest BCUT2D eigenvalue weighted by Gasteiger charge is 2.41. The Morgan fingerprint density at radius 1 is 1.17 bits per heavy atom. The van der Waals surface area contributed by atoms with Crippen LogP contribution in [0.2, 0.25) is 0 Å². The van der Waals surface area contributed by atoms with Crippen molar-refractivity contribution >= 4 is 18.3 Å². The van der Waals surface area contributed by atoms with Gasteiger partial charge in [0.05, 0.1) is 21.3 Å². The second-order valence-electron chi connectivity index (χ2n) is 6.75. The van der Waals surface area contributed by atoms with Gasteiger partial charge in [-0.1, -0.05) is 0 Å². The van der Waals surface area contributed by atoms with Crippen molar-refractivity contribution in [1.82, 2.24) is 20.4 Å². The first-order valence-corrected chi connectivity index (χ1v) is 9.42. The van der Waals surface area contributed by atoms with Gasteiger partial charge >= 0.3 is 0 Å². The Labute approximate surface area is 177 Å². The van der Waals surface area contributed by atoms with E-state index in [0.717, 1.165) is 18.7 Å². The number of benzene rings is 1. The topological polar surface area (TPSA) is 86.6 Å². The maximum atomic E-state index is 13.1. The van der Waals surface area contributed by atoms with E-state index >= 15 is 0 Å². The van der Waals surface area contributed by atoms with Crippen LogP contribution in [0, 0.1) is 0 Å². The normalized spacial score (nSPS) is 15.1. The van der Waals surface area contributed by atoms with Crippen molar-refractivity contribution in [2.24, 2.45) is 0 Å². The van der Waals surface area contributed by atoms with Crippen molar-refractivity contribution in [3.05, 3.63) is 36.2 Å². The molecule has 1 aromatic heterocycles. The minimum atomic E-state index is -0.650. The number of ether oxygens (including phenoxy) is 3. The fraction of sp³-hybridized carbons (Fsp3) is 0.500. The molecular weight excluding hydrogens is 396 g/mol. The molecule has 1 aliphatic heterocycles. The van der Waals surface area contributed by atoms with Gasteiger partial charge in [0.25, 0.3) is 0 Å². The Morgan fingerprint density at radius 2 is 1.83 bits per heavy atom. The van der Waals surface area contributed by atoms with Crippen LogP contribution in [-0.2, 0) is 16.8 Å². The third-order valence-corrected chi connectivity index (χ3v) is 5.27. The lowest BCUT2D eigenvalue weighted by atomic mass is 9.87. The summed E-state index contributed by atoms with van der Waals surface area (Å²) in [5.41, 5.74) is 0.243. The summed E-state index contributed by atoms with van der Waals surface area (Å²) in [7, 11) is 4.82. The van der Waals surface area contributed by atoms with Gasteiger partial charge in [0.2, 0.25) is 5.91 Å². The summed E-state index contributed by atoms with van der Waals surface area (Å²) < 4.78 is 18.1. The monoisotopic (exact) mass is 424 g/mol. The van der Waals surface area contributed by atoms with Crippen molar-refractivity contribution in [3.63, 3.8) is 0 Å². The van der Waals surface area contributed by atoms with E-state index in [1.807, 2.05) is 24.4 Å². The predicted molar refractivity (Wildman–Crippen MR) is 112 cm³/mol. The second-order valence-corrected chi connectivity index (χ2v) is 6.75. The Balaban J connectivity index is 0.00000300. The Morgan fingerprint density at radius 3 is 2.34 bits per heavy atom. The smallest absolute Gasteiger partial charge is 0.248 e. The summed E-state index contributed by atoms with van der Waals surface area (Å²) in [4.78, 5) is 13.1. The van der Waals surface area contributed by atoms with Crippen LogP contribution in [0.1, 0.15) is 18.4 Å². The van der Waals surface area contributed by atoms with E-state index in [1.165, 1.54) is 0 Å². The van der Waals surface area contributed by atoms with Crippen molar-refractivity contribution in [1.29, 1.82) is 0 Å². The lowest BCUT2D eigenvalue weighted by molar-refractivity contribution is -0.131. The second kappa shape index (κ2) is 10.4. The van der Waals surface area contributed by atoms with Gasteiger partial charge in [-0.25, -0.2) is 0 Å². The van der Waals surface area contributed by atoms with Crippen molar-refractivity contribution in [3.8, 4) is 17.2 Å². The van der Waals surface area contributed by atoms with Crippen LogP contribution >= 0.6 is 12.4 Å². The lowest BCUT2D eigenvalue weighted by Gasteiger charge is -2.36. The van der Waals surface area contributed by atoms with Gasteiger partial charge in [0, 0.05) is 36.6 Å². The number of hydrogen-bond donors (Lipinski definition) is 2. The molecule has 3 rings (SSSR count). The molecule has 1 aromatic carbocycles. The number of hydrogen-bond acceptors (Lipinski definition) is 6. The first-order valence-electron chi connectivity index (χ1n) is 9.42. The number of methoxy groups -OCH3 is 3. The predicted octanol–water partition coefficient (Wildman–Crippen LogP) is 1.77. The maximum absolute atomic E-state index is 13.1. The number of nitrogens with one attached hydrogen (secondary N) is 2. The van der Waals surface area contributed by atoms with Gasteiger partial charge in [0.15, 0.2) is 0 Å². The van der Waals surface area contributed by atoms with Crippen LogP contribution in [-0.4, -0.2) is 56.7 Å². The zero-order chi connectivity index (χ0) is 20.0. The molecule has 8 nitrogen and oxygen atoms in total. The molecule has 1 aliphatic rings. The summed E-state index contributed by atoms with van der Waals surface area (Å²) in [5.74, 6) is 2.00. The van der Waals surface area contributed by atoms with Gasteiger partial charge in [0.1, 0.15) is 22.8 Å². The van der Waals surface area contributed by atoms with Gasteiger partial charge in [-0.15, -0.1) is 12.4 Å². The van der Waals surface area contributed by atoms with Gasteiger partial charge in [-0.05, 0) is 38.4 Å². The molecule has 0 radical (unpaired) electrons. The standard InChI is InChI=1S/C20H28N4O4.ClH/c1-26-15-13-17(27-2)16(18(14-15)28-3)5-9-22-19(25)20(6-10-21-11-7-20)24-12-4-8-23-24;/h4,8,12-14,21H,5-7,9-11H2,1-3H3,(H,22,25);1H. The summed E-state index contributed by atoms with van der Waals surface area (Å²) >= 11 is 0. The molecular formula is C20H29ClN4O4. The van der Waals surface area contributed by atoms with E-state index in [0.29, 0.717) is 43.1 Å². The maximum Gasteiger partial charge on any atom is 0.248 e. The van der Waals surface area contributed by atoms with Gasteiger partial charge < -0.3 is 24.8 Å². The molecule has 2 N–H and O–H groups in total. The lowest BCUT2D eigenvalue weighted by Crippen LogP contribution is -2.54. The highest BCUT2D eigenvalue weighted by atomic mass is 35.5. The SMILES string of the molecule is COc1cc(OC)c(CCNC(=O)C2(n3cccn3)CCNCC2)c(OC)c1.Cl. The van der Waals surface area contributed by atoms with E-state index in [1.54, 1.807) is 32.2 Å². The number of piperidine rings is 1. The molecule has 1 fully saturated rings. The van der Waals surface area contributed by atoms with Crippen LogP contribution < -0.4 is 24.8 Å². The highest BCUT2D eigenvalue weighted by Crippen LogP contribution is 2.34. The van der Waals surface area contributed by atoms with Gasteiger partial charge in [-0.2, -0.15) is 5.10 Å². The largest absolute Gasteiger partial charge is 0.496 e. The van der Waals surface area contributed by atoms with E-state index < -0.39 is 5.54 Å². The van der Waals surface area contributed by atoms with E-state index in [4.69, 9.17) is 14.2 Å². The number of carbonyl (C=O) groups is 1. The fourth-order valence-electron chi connectivity index (χ4n) is 3.71. The van der Waals surface area contributed by atoms with Crippen molar-refractivity contribution in [2.45, 2.75) is 24.8 Å². The zero-order valence-corrected chi connectivity index (χ0v) is 17.9. The minimum Gasteiger partial charge on any atom is -0.496 e. The summed E-state index contributed by atoms with van der Waals surface area (Å²) in [6.45, 7) is 2.04. The third-order valence-electron chi connectivity index (χ3n) is 5.27. The molecule has 9 heteroatoms. The van der Waals surface area contributed by atoms with Crippen molar-refractivity contribution < 1.29 is 19.0 Å². The molecule has 0 aliphatic carbocycles. The molecule has 2 heterocycles. The van der Waals surface area contributed by atoms with E-state index in [-0.39, 0.29) is 18.3 Å². The number of nitrogens with zero attached hydrogens (tertiary/aromatic N) is 2. The summed E-state index contributed by atoms with van der Waals surface area (Å²) in [6.07, 6.45) is 5.56. The molecule has 2 aromatic rings. The summed E-state index contributed by atoms with van der Waals surface area (Å²) in [6, 6.07) is 5.49. The quantitative estimate of drug-likeness (QED) is 0.671. The van der Waals surface area contributed by atoms with E-state index in [2.05, 4.69) is 15.7 Å². The average Bonchev–Trinajstić information content (AvgIpc) is 3.29. The summed E-state index contributed by atoms with van der Waals surface area (Å²) in [5, 5.41) is 10.8. The number of halogens is 1. The van der Waals surface area contributed by atoms with Crippen LogP contribution in [0.3, 0.4) is 0 Å². The molecule has 160 valence electrons. The van der Waals surface area contributed by atoms with Crippen LogP contribution in [0.4, 0.5) is 0 Å². The first-order chi connectivity index (χ1) is 13.6. The molecule has 0 atom stereocenters. The molecule has 1 saturated heterocycles. The molecule has 29 heavy (non-hydrogen) atoms. The number of aromatic nitrogens is 2. The first kappa shape index (κ1) is 22.8. The average molecular weight is 425 g/mol.